The van der Waals surface area contributed by atoms with Gasteiger partial charge in [-0.25, -0.2) is 4.68 Å². The van der Waals surface area contributed by atoms with Crippen molar-refractivity contribution < 1.29 is 26.3 Å². The number of nitrogen functional groups attached to an aromatic ring is 1. The van der Waals surface area contributed by atoms with Crippen LogP contribution in [-0.4, -0.2) is 9.78 Å². The average molecular weight is 295 g/mol. The number of anilines is 1. The molecule has 0 aliphatic carbocycles. The zero-order valence-corrected chi connectivity index (χ0v) is 9.63. The quantitative estimate of drug-likeness (QED) is 0.646. The molecular weight excluding hydrogens is 288 g/mol. The summed E-state index contributed by atoms with van der Waals surface area (Å²) >= 11 is 0. The molecule has 0 aliphatic heterocycles. The summed E-state index contributed by atoms with van der Waals surface area (Å²) < 4.78 is 75.3. The Hall–Kier alpha value is -2.19. The van der Waals surface area contributed by atoms with Crippen LogP contribution in [0.15, 0.2) is 30.6 Å². The third-order valence-electron chi connectivity index (χ3n) is 2.51. The van der Waals surface area contributed by atoms with Crippen LogP contribution in [0.5, 0.6) is 0 Å². The van der Waals surface area contributed by atoms with Crippen LogP contribution in [0, 0.1) is 0 Å². The Balaban J connectivity index is 2.42. The Bertz CT molecular complexity index is 626. The van der Waals surface area contributed by atoms with Crippen molar-refractivity contribution in [3.05, 3.63) is 41.7 Å². The molecule has 2 aromatic rings. The average Bonchev–Trinajstić information content (AvgIpc) is 2.76. The molecule has 0 unspecified atom stereocenters. The van der Waals surface area contributed by atoms with Gasteiger partial charge in [-0.1, -0.05) is 0 Å². The predicted molar refractivity (Wildman–Crippen MR) is 58.0 cm³/mol. The van der Waals surface area contributed by atoms with Crippen LogP contribution >= 0.6 is 0 Å². The first kappa shape index (κ1) is 14.2. The van der Waals surface area contributed by atoms with Crippen molar-refractivity contribution in [1.82, 2.24) is 9.78 Å². The van der Waals surface area contributed by atoms with Gasteiger partial charge in [0.15, 0.2) is 0 Å². The molecule has 0 aliphatic rings. The van der Waals surface area contributed by atoms with Gasteiger partial charge in [-0.15, -0.1) is 0 Å². The summed E-state index contributed by atoms with van der Waals surface area (Å²) in [4.78, 5) is 0. The zero-order chi connectivity index (χ0) is 15.1. The normalized spacial score (nSPS) is 12.7. The maximum absolute atomic E-state index is 12.4. The molecular formula is C11H7F6N3. The molecule has 0 amide bonds. The van der Waals surface area contributed by atoms with Gasteiger partial charge in [-0.2, -0.15) is 31.4 Å². The van der Waals surface area contributed by atoms with E-state index in [1.54, 1.807) is 0 Å². The molecule has 0 saturated heterocycles. The number of hydrogen-bond donors (Lipinski definition) is 1. The molecule has 0 radical (unpaired) electrons. The topological polar surface area (TPSA) is 43.8 Å². The van der Waals surface area contributed by atoms with Crippen LogP contribution in [0.4, 0.5) is 32.0 Å². The first-order valence-electron chi connectivity index (χ1n) is 5.18. The molecule has 0 saturated carbocycles. The number of halogens is 6. The minimum Gasteiger partial charge on any atom is -0.397 e. The van der Waals surface area contributed by atoms with Crippen molar-refractivity contribution >= 4 is 5.69 Å². The molecule has 1 aromatic heterocycles. The third-order valence-corrected chi connectivity index (χ3v) is 2.51. The first-order valence-corrected chi connectivity index (χ1v) is 5.18. The smallest absolute Gasteiger partial charge is 0.397 e. The Kier molecular flexibility index (Phi) is 3.15. The summed E-state index contributed by atoms with van der Waals surface area (Å²) in [5.74, 6) is 0. The molecule has 1 heterocycles. The molecule has 0 fully saturated rings. The van der Waals surface area contributed by atoms with E-state index >= 15 is 0 Å². The highest BCUT2D eigenvalue weighted by Crippen LogP contribution is 2.33. The fourth-order valence-electron chi connectivity index (χ4n) is 1.54. The molecule has 9 heteroatoms. The van der Waals surface area contributed by atoms with Gasteiger partial charge in [0.2, 0.25) is 0 Å². The van der Waals surface area contributed by atoms with E-state index in [1.807, 2.05) is 0 Å². The second-order valence-electron chi connectivity index (χ2n) is 3.94. The highest BCUT2D eigenvalue weighted by molar-refractivity contribution is 5.59. The number of aromatic nitrogens is 2. The van der Waals surface area contributed by atoms with E-state index < -0.39 is 23.5 Å². The Morgan fingerprint density at radius 3 is 2.00 bits per heavy atom. The van der Waals surface area contributed by atoms with E-state index in [1.165, 1.54) is 0 Å². The van der Waals surface area contributed by atoms with Crippen molar-refractivity contribution in [3.8, 4) is 5.69 Å². The van der Waals surface area contributed by atoms with Crippen molar-refractivity contribution in [2.45, 2.75) is 12.4 Å². The molecule has 0 atom stereocenters. The Labute approximate surface area is 108 Å². The van der Waals surface area contributed by atoms with Gasteiger partial charge in [0, 0.05) is 6.20 Å². The molecule has 3 nitrogen and oxygen atoms in total. The van der Waals surface area contributed by atoms with Crippen molar-refractivity contribution in [3.63, 3.8) is 0 Å². The van der Waals surface area contributed by atoms with E-state index in [-0.39, 0.29) is 11.4 Å². The van der Waals surface area contributed by atoms with Crippen LogP contribution in [0.1, 0.15) is 11.1 Å². The lowest BCUT2D eigenvalue weighted by atomic mass is 10.1. The van der Waals surface area contributed by atoms with E-state index in [2.05, 4.69) is 5.10 Å². The fraction of sp³-hybridized carbons (Fsp3) is 0.182. The van der Waals surface area contributed by atoms with E-state index in [0.717, 1.165) is 16.8 Å². The molecule has 1 aromatic carbocycles. The minimum absolute atomic E-state index is 0.0616. The van der Waals surface area contributed by atoms with Crippen molar-refractivity contribution in [1.29, 1.82) is 0 Å². The van der Waals surface area contributed by atoms with Crippen molar-refractivity contribution in [2.24, 2.45) is 0 Å². The van der Waals surface area contributed by atoms with E-state index in [4.69, 9.17) is 5.73 Å². The lowest BCUT2D eigenvalue weighted by Crippen LogP contribution is -2.08. The first-order chi connectivity index (χ1) is 9.09. The van der Waals surface area contributed by atoms with Gasteiger partial charge < -0.3 is 5.73 Å². The maximum atomic E-state index is 12.4. The summed E-state index contributed by atoms with van der Waals surface area (Å²) in [6, 6.07) is 2.33. The SMILES string of the molecule is Nc1cc(C(F)(F)F)ccc1-n1cc(C(F)(F)F)cn1. The molecule has 108 valence electrons. The lowest BCUT2D eigenvalue weighted by molar-refractivity contribution is -0.138. The van der Waals surface area contributed by atoms with E-state index in [9.17, 15) is 26.3 Å². The van der Waals surface area contributed by atoms with Crippen LogP contribution in [0.25, 0.3) is 5.69 Å². The van der Waals surface area contributed by atoms with Gasteiger partial charge in [-0.05, 0) is 18.2 Å². The second kappa shape index (κ2) is 4.43. The number of rotatable bonds is 1. The second-order valence-corrected chi connectivity index (χ2v) is 3.94. The maximum Gasteiger partial charge on any atom is 0.419 e. The summed E-state index contributed by atoms with van der Waals surface area (Å²) in [6.07, 6.45) is -7.94. The van der Waals surface area contributed by atoms with Gasteiger partial charge >= 0.3 is 12.4 Å². The van der Waals surface area contributed by atoms with Gasteiger partial charge in [0.1, 0.15) is 0 Å². The zero-order valence-electron chi connectivity index (χ0n) is 9.63. The van der Waals surface area contributed by atoms with Gasteiger partial charge in [0.05, 0.1) is 28.7 Å². The summed E-state index contributed by atoms with van der Waals surface area (Å²) in [7, 11) is 0. The van der Waals surface area contributed by atoms with Crippen LogP contribution in [0.2, 0.25) is 0 Å². The number of alkyl halides is 6. The highest BCUT2D eigenvalue weighted by atomic mass is 19.4. The number of hydrogen-bond acceptors (Lipinski definition) is 2. The monoisotopic (exact) mass is 295 g/mol. The highest BCUT2D eigenvalue weighted by Gasteiger charge is 2.33. The Morgan fingerprint density at radius 2 is 1.55 bits per heavy atom. The van der Waals surface area contributed by atoms with Crippen LogP contribution in [-0.2, 0) is 12.4 Å². The molecule has 0 spiro atoms. The summed E-state index contributed by atoms with van der Waals surface area (Å²) in [5, 5.41) is 3.44. The largest absolute Gasteiger partial charge is 0.419 e. The van der Waals surface area contributed by atoms with Gasteiger partial charge in [0.25, 0.3) is 0 Å². The Morgan fingerprint density at radius 1 is 0.950 bits per heavy atom. The lowest BCUT2D eigenvalue weighted by Gasteiger charge is -2.10. The van der Waals surface area contributed by atoms with Crippen LogP contribution < -0.4 is 5.73 Å². The summed E-state index contributed by atoms with van der Waals surface area (Å²) in [6.45, 7) is 0. The number of benzene rings is 1. The standard InChI is InChI=1S/C11H7F6N3/c12-10(13,14)6-1-2-9(8(18)3-6)20-5-7(4-19-20)11(15,16)17/h1-5H,18H2. The molecule has 2 N–H and O–H groups in total. The van der Waals surface area contributed by atoms with Crippen molar-refractivity contribution in [2.75, 3.05) is 5.73 Å². The molecule has 0 bridgehead atoms. The fourth-order valence-corrected chi connectivity index (χ4v) is 1.54. The number of nitrogens with zero attached hydrogens (tertiary/aromatic N) is 2. The van der Waals surface area contributed by atoms with Crippen LogP contribution in [0.3, 0.4) is 0 Å². The van der Waals surface area contributed by atoms with E-state index in [0.29, 0.717) is 18.5 Å². The number of nitrogens with two attached hydrogens (primary N) is 1. The molecule has 2 rings (SSSR count). The summed E-state index contributed by atoms with van der Waals surface area (Å²) in [5.41, 5.74) is 3.04. The predicted octanol–water partition coefficient (Wildman–Crippen LogP) is 3.49. The molecule has 20 heavy (non-hydrogen) atoms. The minimum atomic E-state index is -4.58. The van der Waals surface area contributed by atoms with Gasteiger partial charge in [-0.3, -0.25) is 0 Å². The third kappa shape index (κ3) is 2.70.